The maximum Gasteiger partial charge on any atom is 0.325 e. The van der Waals surface area contributed by atoms with Crippen LogP contribution in [0.1, 0.15) is 34.1 Å². The Hall–Kier alpha value is -1.56. The van der Waals surface area contributed by atoms with Crippen molar-refractivity contribution in [3.05, 3.63) is 12.4 Å². The van der Waals surface area contributed by atoms with E-state index in [4.69, 9.17) is 15.2 Å². The molecule has 0 spiro atoms. The van der Waals surface area contributed by atoms with Crippen molar-refractivity contribution < 1.29 is 14.3 Å². The number of carbonyl (C=O) groups excluding carboxylic acids is 1. The van der Waals surface area contributed by atoms with Crippen molar-refractivity contribution >= 4 is 5.97 Å². The zero-order valence-corrected chi connectivity index (χ0v) is 12.0. The summed E-state index contributed by atoms with van der Waals surface area (Å²) in [4.78, 5) is 11.7. The van der Waals surface area contributed by atoms with Crippen LogP contribution in [-0.4, -0.2) is 34.0 Å². The van der Waals surface area contributed by atoms with E-state index in [2.05, 4.69) is 5.10 Å². The fraction of sp³-hybridized carbons (Fsp3) is 0.692. The summed E-state index contributed by atoms with van der Waals surface area (Å²) in [6.07, 6.45) is 4.26. The van der Waals surface area contributed by atoms with Crippen LogP contribution in [0.5, 0.6) is 5.75 Å². The Bertz CT molecular complexity index is 410. The highest BCUT2D eigenvalue weighted by Gasteiger charge is 2.22. The van der Waals surface area contributed by atoms with E-state index in [1.54, 1.807) is 17.1 Å². The van der Waals surface area contributed by atoms with Gasteiger partial charge in [-0.05, 0) is 27.2 Å². The van der Waals surface area contributed by atoms with E-state index in [-0.39, 0.29) is 6.54 Å². The van der Waals surface area contributed by atoms with Gasteiger partial charge in [0.2, 0.25) is 0 Å². The molecule has 19 heavy (non-hydrogen) atoms. The number of hydrogen-bond acceptors (Lipinski definition) is 5. The molecule has 0 saturated carbocycles. The van der Waals surface area contributed by atoms with Crippen LogP contribution < -0.4 is 10.5 Å². The monoisotopic (exact) mass is 269 g/mol. The normalized spacial score (nSPS) is 13.1. The van der Waals surface area contributed by atoms with Crippen LogP contribution in [0.25, 0.3) is 0 Å². The van der Waals surface area contributed by atoms with E-state index in [0.29, 0.717) is 12.4 Å². The van der Waals surface area contributed by atoms with Crippen LogP contribution in [-0.2, 0) is 16.1 Å². The van der Waals surface area contributed by atoms with E-state index in [1.807, 2.05) is 27.7 Å². The van der Waals surface area contributed by atoms with Gasteiger partial charge in [-0.2, -0.15) is 5.10 Å². The van der Waals surface area contributed by atoms with Crippen molar-refractivity contribution in [3.63, 3.8) is 0 Å². The smallest absolute Gasteiger partial charge is 0.325 e. The summed E-state index contributed by atoms with van der Waals surface area (Å²) >= 11 is 0. The lowest BCUT2D eigenvalue weighted by Crippen LogP contribution is -2.40. The van der Waals surface area contributed by atoms with Crippen molar-refractivity contribution in [1.29, 1.82) is 0 Å². The summed E-state index contributed by atoms with van der Waals surface area (Å²) in [6, 6.07) is -0.738. The molecule has 1 unspecified atom stereocenters. The number of rotatable bonds is 6. The Kier molecular flexibility index (Phi) is 5.35. The average Bonchev–Trinajstić information content (AvgIpc) is 2.71. The second-order valence-corrected chi connectivity index (χ2v) is 5.39. The minimum Gasteiger partial charge on any atom is -0.490 e. The molecule has 0 bridgehead atoms. The fourth-order valence-corrected chi connectivity index (χ4v) is 1.39. The lowest BCUT2D eigenvalue weighted by atomic mass is 10.2. The second kappa shape index (κ2) is 6.56. The molecule has 1 aromatic rings. The molecule has 108 valence electrons. The number of esters is 1. The quantitative estimate of drug-likeness (QED) is 0.788. The van der Waals surface area contributed by atoms with Crippen LogP contribution in [0, 0.1) is 0 Å². The van der Waals surface area contributed by atoms with Crippen molar-refractivity contribution in [3.8, 4) is 5.75 Å². The van der Waals surface area contributed by atoms with Crippen LogP contribution in [0.3, 0.4) is 0 Å². The molecule has 0 radical (unpaired) electrons. The predicted octanol–water partition coefficient (Wildman–Crippen LogP) is 1.34. The molecule has 1 rings (SSSR count). The number of hydrogen-bond donors (Lipinski definition) is 1. The summed E-state index contributed by atoms with van der Waals surface area (Å²) in [7, 11) is 0. The summed E-state index contributed by atoms with van der Waals surface area (Å²) in [5.41, 5.74) is 5.26. The zero-order valence-electron chi connectivity index (χ0n) is 12.0. The molecule has 6 heteroatoms. The third-order valence-electron chi connectivity index (χ3n) is 2.18. The molecular formula is C13H23N3O3. The van der Waals surface area contributed by atoms with Crippen LogP contribution >= 0.6 is 0 Å². The lowest BCUT2D eigenvalue weighted by molar-refractivity contribution is -0.156. The van der Waals surface area contributed by atoms with Gasteiger partial charge in [0.15, 0.2) is 5.75 Å². The first-order valence-corrected chi connectivity index (χ1v) is 6.45. The Morgan fingerprint density at radius 2 is 2.21 bits per heavy atom. The number of aromatic nitrogens is 2. The van der Waals surface area contributed by atoms with E-state index in [1.165, 1.54) is 0 Å². The van der Waals surface area contributed by atoms with Crippen LogP contribution in [0.2, 0.25) is 0 Å². The predicted molar refractivity (Wildman–Crippen MR) is 71.8 cm³/mol. The maximum atomic E-state index is 11.7. The van der Waals surface area contributed by atoms with Crippen molar-refractivity contribution in [2.75, 3.05) is 6.61 Å². The van der Waals surface area contributed by atoms with Gasteiger partial charge in [0.1, 0.15) is 11.6 Å². The third-order valence-corrected chi connectivity index (χ3v) is 2.18. The first-order valence-electron chi connectivity index (χ1n) is 6.45. The molecule has 1 atom stereocenters. The Morgan fingerprint density at radius 1 is 1.53 bits per heavy atom. The molecule has 0 aromatic carbocycles. The molecule has 0 aliphatic rings. The second-order valence-electron chi connectivity index (χ2n) is 5.39. The van der Waals surface area contributed by atoms with Gasteiger partial charge in [-0.25, -0.2) is 0 Å². The molecule has 0 fully saturated rings. The highest BCUT2D eigenvalue weighted by atomic mass is 16.6. The van der Waals surface area contributed by atoms with Crippen molar-refractivity contribution in [2.45, 2.75) is 52.3 Å². The van der Waals surface area contributed by atoms with Gasteiger partial charge < -0.3 is 15.2 Å². The maximum absolute atomic E-state index is 11.7. The van der Waals surface area contributed by atoms with E-state index >= 15 is 0 Å². The molecule has 1 heterocycles. The minimum atomic E-state index is -0.738. The van der Waals surface area contributed by atoms with E-state index in [9.17, 15) is 4.79 Å². The summed E-state index contributed by atoms with van der Waals surface area (Å²) < 4.78 is 12.2. The molecule has 2 N–H and O–H groups in total. The van der Waals surface area contributed by atoms with E-state index in [0.717, 1.165) is 6.42 Å². The van der Waals surface area contributed by atoms with Crippen molar-refractivity contribution in [2.24, 2.45) is 5.73 Å². The molecule has 0 aliphatic carbocycles. The highest BCUT2D eigenvalue weighted by Crippen LogP contribution is 2.11. The summed E-state index contributed by atoms with van der Waals surface area (Å²) in [6.45, 7) is 8.36. The van der Waals surface area contributed by atoms with Gasteiger partial charge in [0.05, 0.1) is 25.5 Å². The standard InChI is InChI=1S/C13H23N3O3/c1-5-6-18-10-7-15-16(8-10)9-11(14)12(17)19-13(2,3)4/h7-8,11H,5-6,9,14H2,1-4H3. The lowest BCUT2D eigenvalue weighted by Gasteiger charge is -2.22. The van der Waals surface area contributed by atoms with Gasteiger partial charge in [-0.1, -0.05) is 6.92 Å². The molecule has 1 aromatic heterocycles. The highest BCUT2D eigenvalue weighted by molar-refractivity contribution is 5.75. The first kappa shape index (κ1) is 15.5. The molecule has 6 nitrogen and oxygen atoms in total. The Balaban J connectivity index is 2.49. The largest absolute Gasteiger partial charge is 0.490 e. The van der Waals surface area contributed by atoms with Gasteiger partial charge in [0, 0.05) is 0 Å². The third kappa shape index (κ3) is 5.74. The van der Waals surface area contributed by atoms with Crippen LogP contribution in [0.15, 0.2) is 12.4 Å². The average molecular weight is 269 g/mol. The van der Waals surface area contributed by atoms with Crippen LogP contribution in [0.4, 0.5) is 0 Å². The van der Waals surface area contributed by atoms with Gasteiger partial charge >= 0.3 is 5.97 Å². The number of nitrogens with two attached hydrogens (primary N) is 1. The molecule has 0 saturated heterocycles. The molecular weight excluding hydrogens is 246 g/mol. The Morgan fingerprint density at radius 3 is 2.79 bits per heavy atom. The van der Waals surface area contributed by atoms with Gasteiger partial charge in [0.25, 0.3) is 0 Å². The molecule has 0 aliphatic heterocycles. The van der Waals surface area contributed by atoms with Crippen molar-refractivity contribution in [1.82, 2.24) is 9.78 Å². The van der Waals surface area contributed by atoms with E-state index < -0.39 is 17.6 Å². The zero-order chi connectivity index (χ0) is 14.5. The topological polar surface area (TPSA) is 79.4 Å². The first-order chi connectivity index (χ1) is 8.81. The number of nitrogens with zero attached hydrogens (tertiary/aromatic N) is 2. The minimum absolute atomic E-state index is 0.268. The Labute approximate surface area is 113 Å². The SMILES string of the molecule is CCCOc1cnn(CC(N)C(=O)OC(C)(C)C)c1. The number of ether oxygens (including phenoxy) is 2. The van der Waals surface area contributed by atoms with Gasteiger partial charge in [-0.3, -0.25) is 9.48 Å². The summed E-state index contributed by atoms with van der Waals surface area (Å²) in [5.74, 6) is 0.247. The van der Waals surface area contributed by atoms with Gasteiger partial charge in [-0.15, -0.1) is 0 Å². The summed E-state index contributed by atoms with van der Waals surface area (Å²) in [5, 5.41) is 4.09. The fourth-order valence-electron chi connectivity index (χ4n) is 1.39. The molecule has 0 amide bonds. The number of carbonyl (C=O) groups is 1.